The van der Waals surface area contributed by atoms with Gasteiger partial charge in [0.15, 0.2) is 0 Å². The van der Waals surface area contributed by atoms with Gasteiger partial charge in [-0.2, -0.15) is 0 Å². The number of nitrogens with zero attached hydrogens (tertiary/aromatic N) is 2. The molecule has 0 amide bonds. The van der Waals surface area contributed by atoms with Crippen molar-refractivity contribution < 1.29 is 8.83 Å². The van der Waals surface area contributed by atoms with Crippen LogP contribution in [0.4, 0.5) is 34.1 Å². The molecule has 4 nitrogen and oxygen atoms in total. The predicted molar refractivity (Wildman–Crippen MR) is 380 cm³/mol. The Morgan fingerprint density at radius 1 is 0.222 bits per heavy atom. The number of hydrogen-bond donors (Lipinski definition) is 0. The van der Waals surface area contributed by atoms with E-state index >= 15 is 0 Å². The van der Waals surface area contributed by atoms with Gasteiger partial charge in [0.1, 0.15) is 22.3 Å². The molecule has 0 spiro atoms. The molecule has 13 aromatic carbocycles. The van der Waals surface area contributed by atoms with Crippen LogP contribution in [0.25, 0.3) is 65.4 Å². The zero-order chi connectivity index (χ0) is 61.5. The van der Waals surface area contributed by atoms with Gasteiger partial charge in [0, 0.05) is 88.1 Å². The minimum absolute atomic E-state index is 0.170. The maximum Gasteiger partial charge on any atom is 0.143 e. The first-order valence-electron chi connectivity index (χ1n) is 31.5. The lowest BCUT2D eigenvalue weighted by molar-refractivity contribution is 0.640. The summed E-state index contributed by atoms with van der Waals surface area (Å²) in [6.45, 7) is 18.4. The maximum atomic E-state index is 6.97. The molecule has 15 aromatic rings. The van der Waals surface area contributed by atoms with E-state index in [2.05, 4.69) is 356 Å². The van der Waals surface area contributed by atoms with Crippen molar-refractivity contribution in [3.8, 4) is 0 Å². The second-order valence-corrected chi connectivity index (χ2v) is 26.5. The molecule has 0 radical (unpaired) electrons. The molecule has 0 bridgehead atoms. The summed E-state index contributed by atoms with van der Waals surface area (Å²) in [6.07, 6.45) is 0. The fraction of sp³-hybridized carbons (Fsp3) is 0.140. The smallest absolute Gasteiger partial charge is 0.143 e. The molecule has 2 heterocycles. The molecule has 0 N–H and O–H groups in total. The Morgan fingerprint density at radius 2 is 0.456 bits per heavy atom. The van der Waals surface area contributed by atoms with Crippen LogP contribution in [0.5, 0.6) is 0 Å². The first kappa shape index (κ1) is 56.1. The lowest BCUT2D eigenvalue weighted by Crippen LogP contribution is -2.19. The molecule has 0 aliphatic carbocycles. The van der Waals surface area contributed by atoms with Crippen LogP contribution in [0.15, 0.2) is 300 Å². The van der Waals surface area contributed by atoms with Gasteiger partial charge in [-0.25, -0.2) is 0 Å². The summed E-state index contributed by atoms with van der Waals surface area (Å²) in [4.78, 5) is 4.76. The van der Waals surface area contributed by atoms with E-state index in [-0.39, 0.29) is 21.7 Å². The molecule has 0 aliphatic heterocycles. The molecule has 0 atom stereocenters. The second-order valence-electron chi connectivity index (χ2n) is 26.5. The van der Waals surface area contributed by atoms with E-state index in [0.717, 1.165) is 99.5 Å². The Kier molecular flexibility index (Phi) is 13.5. The van der Waals surface area contributed by atoms with E-state index < -0.39 is 0 Å². The Bertz CT molecular complexity index is 4600. The van der Waals surface area contributed by atoms with E-state index in [9.17, 15) is 0 Å². The van der Waals surface area contributed by atoms with Crippen LogP contribution in [0, 0.1) is 0 Å². The monoisotopic (exact) mass is 1160 g/mol. The first-order chi connectivity index (χ1) is 43.6. The summed E-state index contributed by atoms with van der Waals surface area (Å²) < 4.78 is 13.9. The highest BCUT2D eigenvalue weighted by Gasteiger charge is 2.29. The van der Waals surface area contributed by atoms with Crippen molar-refractivity contribution in [1.82, 2.24) is 0 Å². The zero-order valence-electron chi connectivity index (χ0n) is 52.4. The SMILES string of the molecule is CC(C)(c1ccccc1)c1ccc(N(c2ccc(C(C)(C)c3ccccc3)cc2)c2ccc3c(ccc4c3oc3ccc5oc6c7ccc(N(c8ccc(C(C)(C)c9ccccc9)cc8)c8ccc(C(C)(C)c9ccccc9)cc8)cc7ccc6c5c34)c2)cc1. The predicted octanol–water partition coefficient (Wildman–Crippen LogP) is 24.0. The standard InChI is InChI=1S/C86H72N2O2/c1-83(2,59-21-13-9-14-22-59)63-31-39-67(40-32-63)87(68-41-33-64(34-42-68)84(3,4)60-23-15-10-16-24-60)71-47-51-73-57(55-71)29-49-75-79-77(89-81(73)75)53-54-78-80(79)76-50-30-58-56-72(48-52-74(58)82(76)90-78)88(69-43-35-65(36-44-69)85(5,6)61-25-17-11-18-26-61)70-45-37-66(38-46-70)86(7,8)62-27-19-12-20-28-62/h9-56H,1-8H3. The van der Waals surface area contributed by atoms with Crippen LogP contribution in [0.1, 0.15) is 99.9 Å². The molecule has 0 fully saturated rings. The van der Waals surface area contributed by atoms with Crippen molar-refractivity contribution in [2.45, 2.75) is 77.0 Å². The summed E-state index contributed by atoms with van der Waals surface area (Å²) in [5.41, 5.74) is 19.3. The lowest BCUT2D eigenvalue weighted by Gasteiger charge is -2.30. The number of fused-ring (bicyclic) bond motifs is 11. The molecule has 90 heavy (non-hydrogen) atoms. The number of hydrogen-bond acceptors (Lipinski definition) is 4. The highest BCUT2D eigenvalue weighted by molar-refractivity contribution is 6.30. The van der Waals surface area contributed by atoms with E-state index in [1.54, 1.807) is 0 Å². The fourth-order valence-electron chi connectivity index (χ4n) is 14.0. The van der Waals surface area contributed by atoms with Gasteiger partial charge < -0.3 is 18.6 Å². The molecule has 0 saturated carbocycles. The number of rotatable bonds is 14. The highest BCUT2D eigenvalue weighted by atomic mass is 16.3. The largest absolute Gasteiger partial charge is 0.455 e. The van der Waals surface area contributed by atoms with Crippen LogP contribution >= 0.6 is 0 Å². The van der Waals surface area contributed by atoms with Crippen molar-refractivity contribution in [3.05, 3.63) is 336 Å². The third-order valence-corrected chi connectivity index (χ3v) is 19.9. The topological polar surface area (TPSA) is 32.8 Å². The Balaban J connectivity index is 0.803. The molecule has 438 valence electrons. The Labute approximate surface area is 527 Å². The normalized spacial score (nSPS) is 12.4. The fourth-order valence-corrected chi connectivity index (χ4v) is 14.0. The number of benzene rings is 13. The third kappa shape index (κ3) is 9.52. The summed E-state index contributed by atoms with van der Waals surface area (Å²) in [5.74, 6) is 0. The summed E-state index contributed by atoms with van der Waals surface area (Å²) in [6, 6.07) is 106. The van der Waals surface area contributed by atoms with Gasteiger partial charge in [-0.3, -0.25) is 0 Å². The van der Waals surface area contributed by atoms with Gasteiger partial charge in [-0.1, -0.05) is 237 Å². The second kappa shape index (κ2) is 21.7. The zero-order valence-corrected chi connectivity index (χ0v) is 52.4. The first-order valence-corrected chi connectivity index (χ1v) is 31.5. The van der Waals surface area contributed by atoms with E-state index in [1.165, 1.54) is 44.5 Å². The number of furan rings is 2. The molecular formula is C86H72N2O2. The van der Waals surface area contributed by atoms with E-state index in [1.807, 2.05) is 0 Å². The van der Waals surface area contributed by atoms with Gasteiger partial charge in [-0.15, -0.1) is 0 Å². The Hall–Kier alpha value is -10.4. The quantitative estimate of drug-likeness (QED) is 0.109. The minimum atomic E-state index is -0.170. The van der Waals surface area contributed by atoms with Crippen molar-refractivity contribution >= 4 is 99.5 Å². The van der Waals surface area contributed by atoms with Crippen molar-refractivity contribution in [3.63, 3.8) is 0 Å². The molecule has 0 unspecified atom stereocenters. The van der Waals surface area contributed by atoms with Gasteiger partial charge in [-0.05, 0) is 164 Å². The van der Waals surface area contributed by atoms with Crippen molar-refractivity contribution in [2.75, 3.05) is 9.80 Å². The molecule has 4 heteroatoms. The average molecular weight is 1170 g/mol. The van der Waals surface area contributed by atoms with Gasteiger partial charge >= 0.3 is 0 Å². The van der Waals surface area contributed by atoms with Gasteiger partial charge in [0.05, 0.1) is 0 Å². The summed E-state index contributed by atoms with van der Waals surface area (Å²) in [5, 5.41) is 8.54. The summed E-state index contributed by atoms with van der Waals surface area (Å²) >= 11 is 0. The van der Waals surface area contributed by atoms with Crippen molar-refractivity contribution in [2.24, 2.45) is 0 Å². The Morgan fingerprint density at radius 3 is 0.722 bits per heavy atom. The number of anilines is 6. The molecular weight excluding hydrogens is 1090 g/mol. The molecule has 0 aliphatic rings. The molecule has 15 rings (SSSR count). The molecule has 0 saturated heterocycles. The van der Waals surface area contributed by atoms with Gasteiger partial charge in [0.25, 0.3) is 0 Å². The van der Waals surface area contributed by atoms with Crippen LogP contribution in [-0.2, 0) is 21.7 Å². The summed E-state index contributed by atoms with van der Waals surface area (Å²) in [7, 11) is 0. The minimum Gasteiger partial charge on any atom is -0.455 e. The maximum absolute atomic E-state index is 6.97. The lowest BCUT2D eigenvalue weighted by atomic mass is 9.78. The van der Waals surface area contributed by atoms with Crippen LogP contribution in [0.3, 0.4) is 0 Å². The highest BCUT2D eigenvalue weighted by Crippen LogP contribution is 2.48. The third-order valence-electron chi connectivity index (χ3n) is 19.9. The van der Waals surface area contributed by atoms with Gasteiger partial charge in [0.2, 0.25) is 0 Å². The van der Waals surface area contributed by atoms with Crippen LogP contribution in [-0.4, -0.2) is 0 Å². The molecule has 2 aromatic heterocycles. The van der Waals surface area contributed by atoms with Crippen LogP contribution in [0.2, 0.25) is 0 Å². The van der Waals surface area contributed by atoms with E-state index in [0.29, 0.717) is 0 Å². The van der Waals surface area contributed by atoms with Crippen LogP contribution < -0.4 is 9.80 Å². The van der Waals surface area contributed by atoms with Crippen molar-refractivity contribution in [1.29, 1.82) is 0 Å². The average Bonchev–Trinajstić information content (AvgIpc) is 1.56. The van der Waals surface area contributed by atoms with E-state index in [4.69, 9.17) is 8.83 Å².